The Kier molecular flexibility index (Phi) is 17.5. The molecule has 362 valence electrons. The summed E-state index contributed by atoms with van der Waals surface area (Å²) in [5, 5.41) is 12.1. The monoisotopic (exact) mass is 963 g/mol. The molecular weight excluding hydrogens is 898 g/mol. The summed E-state index contributed by atoms with van der Waals surface area (Å²) in [7, 11) is -1.30. The van der Waals surface area contributed by atoms with E-state index in [1.54, 1.807) is 50.7 Å². The van der Waals surface area contributed by atoms with E-state index in [4.69, 9.17) is 32.4 Å². The van der Waals surface area contributed by atoms with E-state index in [1.165, 1.54) is 4.57 Å². The topological polar surface area (TPSA) is 156 Å². The van der Waals surface area contributed by atoms with Gasteiger partial charge >= 0.3 is 5.69 Å². The SMILES string of the molecule is COc1ccc(C(OC[C@@H]2O[C@@H](n3ccc(NC(=O)c4ccccc4)nc3=O)[C@@H](O[Si](C)(C)C(C)(C)C)[C@H]2OP(OCCC#N)N(C(C)C)C(C)C)(c2ccccc2)c2ccc(OC)cc2)cc1. The van der Waals surface area contributed by atoms with Crippen LogP contribution in [0.5, 0.6) is 11.5 Å². The van der Waals surface area contributed by atoms with Crippen molar-refractivity contribution in [2.45, 2.75) is 115 Å². The van der Waals surface area contributed by atoms with Crippen molar-refractivity contribution in [1.82, 2.24) is 14.2 Å². The maximum Gasteiger partial charge on any atom is 0.351 e. The number of benzene rings is 4. The minimum absolute atomic E-state index is 0.0166. The fourth-order valence-corrected chi connectivity index (χ4v) is 11.0. The van der Waals surface area contributed by atoms with Crippen molar-refractivity contribution in [2.24, 2.45) is 0 Å². The Hall–Kier alpha value is -5.27. The summed E-state index contributed by atoms with van der Waals surface area (Å²) in [4.78, 5) is 31.8. The number of hydrogen-bond donors (Lipinski definition) is 1. The quantitative estimate of drug-likeness (QED) is 0.0322. The number of hydrogen-bond acceptors (Lipinski definition) is 12. The van der Waals surface area contributed by atoms with Crippen LogP contribution in [0, 0.1) is 11.3 Å². The van der Waals surface area contributed by atoms with Gasteiger partial charge in [0.25, 0.3) is 14.4 Å². The third kappa shape index (κ3) is 11.9. The molecule has 16 heteroatoms. The molecule has 0 saturated carbocycles. The maximum atomic E-state index is 14.4. The van der Waals surface area contributed by atoms with Gasteiger partial charge in [-0.05, 0) is 105 Å². The highest BCUT2D eigenvalue weighted by Crippen LogP contribution is 2.52. The first-order chi connectivity index (χ1) is 32.4. The van der Waals surface area contributed by atoms with Crippen LogP contribution in [0.2, 0.25) is 18.1 Å². The van der Waals surface area contributed by atoms with Crippen LogP contribution in [-0.2, 0) is 28.5 Å². The molecule has 1 fully saturated rings. The zero-order chi connectivity index (χ0) is 49.2. The van der Waals surface area contributed by atoms with E-state index < -0.39 is 58.6 Å². The number of methoxy groups -OCH3 is 2. The smallest absolute Gasteiger partial charge is 0.351 e. The lowest BCUT2D eigenvalue weighted by atomic mass is 9.80. The van der Waals surface area contributed by atoms with Gasteiger partial charge in [0.15, 0.2) is 14.5 Å². The lowest BCUT2D eigenvalue weighted by Gasteiger charge is -2.42. The molecule has 0 aliphatic carbocycles. The molecule has 1 amide bonds. The molecule has 14 nitrogen and oxygen atoms in total. The Bertz CT molecular complexity index is 2440. The van der Waals surface area contributed by atoms with Crippen LogP contribution in [0.1, 0.15) is 88.2 Å². The molecule has 1 aromatic heterocycles. The highest BCUT2D eigenvalue weighted by molar-refractivity contribution is 7.44. The standard InChI is InChI=1S/C52H66N5O9PSi/c1-36(2)57(37(3)4)67(63-34-18-32-53)65-46-44(35-62-52(39-21-16-13-17-22-39,40-23-27-42(60-8)28-24-40)41-25-29-43(61-9)30-26-41)64-49(47(46)66-68(10,11)51(5,6)7)56-33-31-45(55-50(56)59)54-48(58)38-19-14-12-15-20-38/h12-17,19-31,33,36-37,44,46-47,49H,18,34-35H2,1-11H3,(H,54,55,58,59)/t44-,46-,47-,49+,67?/m0/s1. The molecule has 68 heavy (non-hydrogen) atoms. The first-order valence-corrected chi connectivity index (χ1v) is 27.0. The van der Waals surface area contributed by atoms with Crippen LogP contribution >= 0.6 is 8.53 Å². The molecule has 5 atom stereocenters. The molecule has 6 rings (SSSR count). The molecule has 0 spiro atoms. The predicted octanol–water partition coefficient (Wildman–Crippen LogP) is 10.5. The normalized spacial score (nSPS) is 18.1. The summed E-state index contributed by atoms with van der Waals surface area (Å²) in [5.74, 6) is 1.04. The zero-order valence-corrected chi connectivity index (χ0v) is 42.9. The van der Waals surface area contributed by atoms with Gasteiger partial charge in [-0.1, -0.05) is 93.6 Å². The van der Waals surface area contributed by atoms with Crippen molar-refractivity contribution in [3.63, 3.8) is 0 Å². The highest BCUT2D eigenvalue weighted by Gasteiger charge is 2.54. The van der Waals surface area contributed by atoms with E-state index in [0.717, 1.165) is 16.7 Å². The third-order valence-corrected chi connectivity index (χ3v) is 19.0. The number of nitrogens with one attached hydrogen (secondary N) is 1. The molecule has 1 aliphatic rings. The molecular formula is C52H66N5O9PSi. The Morgan fingerprint density at radius 2 is 1.38 bits per heavy atom. The van der Waals surface area contributed by atoms with Gasteiger partial charge in [-0.15, -0.1) is 0 Å². The molecule has 0 radical (unpaired) electrons. The Labute approximate surface area is 403 Å². The molecule has 5 aromatic rings. The van der Waals surface area contributed by atoms with Crippen LogP contribution in [0.4, 0.5) is 5.82 Å². The van der Waals surface area contributed by atoms with Gasteiger partial charge in [0, 0.05) is 23.8 Å². The van der Waals surface area contributed by atoms with Crippen molar-refractivity contribution < 1.29 is 37.2 Å². The lowest BCUT2D eigenvalue weighted by molar-refractivity contribution is -0.0943. The Balaban J connectivity index is 1.53. The molecule has 0 bridgehead atoms. The van der Waals surface area contributed by atoms with Crippen molar-refractivity contribution in [2.75, 3.05) is 32.8 Å². The number of anilines is 1. The van der Waals surface area contributed by atoms with Gasteiger partial charge in [0.1, 0.15) is 41.2 Å². The van der Waals surface area contributed by atoms with Crippen LogP contribution < -0.4 is 20.5 Å². The van der Waals surface area contributed by atoms with E-state index in [0.29, 0.717) is 17.1 Å². The fraction of sp³-hybridized carbons (Fsp3) is 0.423. The van der Waals surface area contributed by atoms with Gasteiger partial charge < -0.3 is 37.7 Å². The van der Waals surface area contributed by atoms with Crippen LogP contribution in [-0.4, -0.2) is 86.3 Å². The molecule has 1 unspecified atom stereocenters. The summed E-state index contributed by atoms with van der Waals surface area (Å²) in [6, 6.07) is 38.0. The van der Waals surface area contributed by atoms with Crippen LogP contribution in [0.25, 0.3) is 0 Å². The molecule has 1 saturated heterocycles. The molecule has 1 aliphatic heterocycles. The lowest BCUT2D eigenvalue weighted by Crippen LogP contribution is -2.50. The largest absolute Gasteiger partial charge is 0.497 e. The first kappa shape index (κ1) is 52.1. The van der Waals surface area contributed by atoms with E-state index in [1.807, 2.05) is 84.9 Å². The van der Waals surface area contributed by atoms with Crippen LogP contribution in [0.15, 0.2) is 126 Å². The minimum atomic E-state index is -2.70. The number of aromatic nitrogens is 2. The summed E-state index contributed by atoms with van der Waals surface area (Å²) in [6.07, 6.45) is -2.03. The molecule has 4 aromatic carbocycles. The number of carbonyl (C=O) groups excluding carboxylic acids is 1. The van der Waals surface area contributed by atoms with Gasteiger partial charge in [0.05, 0.1) is 39.9 Å². The van der Waals surface area contributed by atoms with Crippen molar-refractivity contribution in [3.05, 3.63) is 154 Å². The summed E-state index contributed by atoms with van der Waals surface area (Å²) >= 11 is 0. The average Bonchev–Trinajstić information content (AvgIpc) is 3.64. The van der Waals surface area contributed by atoms with E-state index in [2.05, 4.69) is 82.6 Å². The predicted molar refractivity (Wildman–Crippen MR) is 267 cm³/mol. The second kappa shape index (κ2) is 22.9. The van der Waals surface area contributed by atoms with Gasteiger partial charge in [-0.25, -0.2) is 9.46 Å². The van der Waals surface area contributed by atoms with Gasteiger partial charge in [-0.3, -0.25) is 9.36 Å². The number of rotatable bonds is 21. The zero-order valence-electron chi connectivity index (χ0n) is 41.0. The molecule has 2 heterocycles. The summed E-state index contributed by atoms with van der Waals surface area (Å²) < 4.78 is 50.6. The summed E-state index contributed by atoms with van der Waals surface area (Å²) in [5.41, 5.74) is 1.00. The number of nitriles is 1. The van der Waals surface area contributed by atoms with Gasteiger partial charge in [0.2, 0.25) is 0 Å². The van der Waals surface area contributed by atoms with E-state index in [9.17, 15) is 14.9 Å². The van der Waals surface area contributed by atoms with Crippen molar-refractivity contribution >= 4 is 28.6 Å². The first-order valence-electron chi connectivity index (χ1n) is 23.0. The number of amides is 1. The summed E-state index contributed by atoms with van der Waals surface area (Å²) in [6.45, 7) is 19.1. The second-order valence-electron chi connectivity index (χ2n) is 18.7. The third-order valence-electron chi connectivity index (χ3n) is 12.4. The van der Waals surface area contributed by atoms with Gasteiger partial charge in [-0.2, -0.15) is 10.2 Å². The number of carbonyl (C=O) groups is 1. The second-order valence-corrected chi connectivity index (χ2v) is 24.8. The molecule has 1 N–H and O–H groups in total. The highest BCUT2D eigenvalue weighted by atomic mass is 31.2. The van der Waals surface area contributed by atoms with Crippen LogP contribution in [0.3, 0.4) is 0 Å². The van der Waals surface area contributed by atoms with Crippen molar-refractivity contribution in [3.8, 4) is 17.6 Å². The number of nitrogens with zero attached hydrogens (tertiary/aromatic N) is 4. The fourth-order valence-electron chi connectivity index (χ4n) is 7.97. The Morgan fingerprint density at radius 3 is 1.88 bits per heavy atom. The van der Waals surface area contributed by atoms with E-state index >= 15 is 0 Å². The minimum Gasteiger partial charge on any atom is -0.497 e. The Morgan fingerprint density at radius 1 is 0.838 bits per heavy atom. The van der Waals surface area contributed by atoms with Crippen molar-refractivity contribution in [1.29, 1.82) is 5.26 Å². The number of ether oxygens (including phenoxy) is 4. The van der Waals surface area contributed by atoms with E-state index in [-0.39, 0.29) is 42.6 Å². The maximum absolute atomic E-state index is 14.4. The average molecular weight is 964 g/mol.